The molecule has 0 amide bonds. The molecule has 0 aromatic heterocycles. The maximum Gasteiger partial charge on any atom is 0.0572 e. The highest BCUT2D eigenvalue weighted by molar-refractivity contribution is 4.65. The topological polar surface area (TPSA) is 24.5 Å². The van der Waals surface area contributed by atoms with Crippen molar-refractivity contribution in [3.63, 3.8) is 0 Å². The van der Waals surface area contributed by atoms with Crippen LogP contribution in [0.5, 0.6) is 0 Å². The molecule has 0 aromatic carbocycles. The Balaban J connectivity index is 1.86. The van der Waals surface area contributed by atoms with Gasteiger partial charge in [0.25, 0.3) is 0 Å². The lowest BCUT2D eigenvalue weighted by molar-refractivity contribution is 0.0887. The number of rotatable bonds is 5. The molecule has 0 unspecified atom stereocenters. The molecule has 0 aromatic rings. The van der Waals surface area contributed by atoms with Gasteiger partial charge in [-0.1, -0.05) is 0 Å². The van der Waals surface area contributed by atoms with E-state index in [4.69, 9.17) is 4.84 Å². The SMILES string of the molecule is CONCCCN1CCCC1. The van der Waals surface area contributed by atoms with Crippen molar-refractivity contribution in [3.8, 4) is 0 Å². The van der Waals surface area contributed by atoms with Gasteiger partial charge in [0.05, 0.1) is 7.11 Å². The van der Waals surface area contributed by atoms with Gasteiger partial charge in [0, 0.05) is 6.54 Å². The van der Waals surface area contributed by atoms with Crippen LogP contribution >= 0.6 is 0 Å². The highest BCUT2D eigenvalue weighted by atomic mass is 16.6. The predicted octanol–water partition coefficient (Wildman–Crippen LogP) is 0.623. The van der Waals surface area contributed by atoms with Crippen molar-refractivity contribution in [2.75, 3.05) is 33.3 Å². The molecule has 1 aliphatic heterocycles. The molecule has 1 saturated heterocycles. The van der Waals surface area contributed by atoms with Gasteiger partial charge in [-0.2, -0.15) is 0 Å². The Morgan fingerprint density at radius 3 is 2.73 bits per heavy atom. The van der Waals surface area contributed by atoms with E-state index in [1.54, 1.807) is 7.11 Å². The third-order valence-corrected chi connectivity index (χ3v) is 2.10. The normalized spacial score (nSPS) is 19.4. The van der Waals surface area contributed by atoms with Crippen molar-refractivity contribution < 1.29 is 4.84 Å². The van der Waals surface area contributed by atoms with Crippen molar-refractivity contribution in [2.45, 2.75) is 19.3 Å². The molecule has 1 aliphatic rings. The van der Waals surface area contributed by atoms with Crippen molar-refractivity contribution in [3.05, 3.63) is 0 Å². The molecule has 0 spiro atoms. The predicted molar refractivity (Wildman–Crippen MR) is 45.3 cm³/mol. The summed E-state index contributed by atoms with van der Waals surface area (Å²) in [4.78, 5) is 7.25. The maximum absolute atomic E-state index is 4.74. The summed E-state index contributed by atoms with van der Waals surface area (Å²) in [6.07, 6.45) is 3.96. The van der Waals surface area contributed by atoms with Crippen LogP contribution in [0.25, 0.3) is 0 Å². The van der Waals surface area contributed by atoms with Crippen LogP contribution in [0.1, 0.15) is 19.3 Å². The van der Waals surface area contributed by atoms with Gasteiger partial charge < -0.3 is 9.74 Å². The summed E-state index contributed by atoms with van der Waals surface area (Å²) >= 11 is 0. The molecule has 1 N–H and O–H groups in total. The van der Waals surface area contributed by atoms with E-state index in [0.29, 0.717) is 0 Å². The highest BCUT2D eigenvalue weighted by Gasteiger charge is 2.09. The van der Waals surface area contributed by atoms with Gasteiger partial charge in [0.2, 0.25) is 0 Å². The lowest BCUT2D eigenvalue weighted by Gasteiger charge is -2.13. The molecule has 0 atom stereocenters. The maximum atomic E-state index is 4.74. The first-order chi connectivity index (χ1) is 5.43. The largest absolute Gasteiger partial charge is 0.305 e. The number of hydrogen-bond acceptors (Lipinski definition) is 3. The van der Waals surface area contributed by atoms with Gasteiger partial charge in [-0.15, -0.1) is 0 Å². The first-order valence-corrected chi connectivity index (χ1v) is 4.41. The quantitative estimate of drug-likeness (QED) is 0.469. The molecule has 0 radical (unpaired) electrons. The Kier molecular flexibility index (Phi) is 4.50. The van der Waals surface area contributed by atoms with Crippen LogP contribution in [0.2, 0.25) is 0 Å². The van der Waals surface area contributed by atoms with Gasteiger partial charge in [-0.25, -0.2) is 5.48 Å². The number of nitrogens with one attached hydrogen (secondary N) is 1. The van der Waals surface area contributed by atoms with Crippen molar-refractivity contribution >= 4 is 0 Å². The first kappa shape index (κ1) is 8.97. The van der Waals surface area contributed by atoms with E-state index in [9.17, 15) is 0 Å². The van der Waals surface area contributed by atoms with Crippen LogP contribution < -0.4 is 5.48 Å². The second-order valence-electron chi connectivity index (χ2n) is 3.00. The molecule has 1 fully saturated rings. The molecule has 0 bridgehead atoms. The number of hydroxylamine groups is 1. The number of hydrogen-bond donors (Lipinski definition) is 1. The molecule has 1 rings (SSSR count). The van der Waals surface area contributed by atoms with Crippen LogP contribution in [0, 0.1) is 0 Å². The first-order valence-electron chi connectivity index (χ1n) is 4.41. The van der Waals surface area contributed by atoms with E-state index in [-0.39, 0.29) is 0 Å². The smallest absolute Gasteiger partial charge is 0.0572 e. The van der Waals surface area contributed by atoms with Gasteiger partial charge in [0.1, 0.15) is 0 Å². The molecular formula is C8H18N2O. The van der Waals surface area contributed by atoms with Crippen LogP contribution in [-0.4, -0.2) is 38.2 Å². The Morgan fingerprint density at radius 1 is 1.36 bits per heavy atom. The Hall–Kier alpha value is -0.120. The second-order valence-corrected chi connectivity index (χ2v) is 3.00. The highest BCUT2D eigenvalue weighted by Crippen LogP contribution is 2.06. The summed E-state index contributed by atoms with van der Waals surface area (Å²) in [6, 6.07) is 0. The van der Waals surface area contributed by atoms with Crippen LogP contribution in [0.15, 0.2) is 0 Å². The lowest BCUT2D eigenvalue weighted by Crippen LogP contribution is -2.24. The van der Waals surface area contributed by atoms with Crippen molar-refractivity contribution in [1.82, 2.24) is 10.4 Å². The van der Waals surface area contributed by atoms with Gasteiger partial charge in [0.15, 0.2) is 0 Å². The average molecular weight is 158 g/mol. The zero-order valence-electron chi connectivity index (χ0n) is 7.31. The van der Waals surface area contributed by atoms with Gasteiger partial charge in [-0.3, -0.25) is 0 Å². The minimum Gasteiger partial charge on any atom is -0.305 e. The fourth-order valence-corrected chi connectivity index (χ4v) is 1.48. The minimum atomic E-state index is 0.965. The fourth-order valence-electron chi connectivity index (χ4n) is 1.48. The van der Waals surface area contributed by atoms with Gasteiger partial charge in [-0.05, 0) is 38.9 Å². The van der Waals surface area contributed by atoms with Crippen LogP contribution in [0.4, 0.5) is 0 Å². The van der Waals surface area contributed by atoms with Crippen molar-refractivity contribution in [1.29, 1.82) is 0 Å². The van der Waals surface area contributed by atoms with E-state index in [1.807, 2.05) is 0 Å². The van der Waals surface area contributed by atoms with Crippen LogP contribution in [0.3, 0.4) is 0 Å². The van der Waals surface area contributed by atoms with E-state index < -0.39 is 0 Å². The Labute approximate surface area is 68.7 Å². The van der Waals surface area contributed by atoms with E-state index in [2.05, 4.69) is 10.4 Å². The molecule has 0 aliphatic carbocycles. The Bertz CT molecular complexity index is 92.1. The van der Waals surface area contributed by atoms with Gasteiger partial charge >= 0.3 is 0 Å². The third kappa shape index (κ3) is 3.70. The standard InChI is InChI=1S/C8H18N2O/c1-11-9-5-4-8-10-6-2-3-7-10/h9H,2-8H2,1H3. The second kappa shape index (κ2) is 5.52. The number of nitrogens with zero attached hydrogens (tertiary/aromatic N) is 1. The van der Waals surface area contributed by atoms with Crippen molar-refractivity contribution in [2.24, 2.45) is 0 Å². The third-order valence-electron chi connectivity index (χ3n) is 2.10. The Morgan fingerprint density at radius 2 is 2.09 bits per heavy atom. The molecule has 11 heavy (non-hydrogen) atoms. The summed E-state index contributed by atoms with van der Waals surface area (Å²) in [7, 11) is 1.66. The molecule has 0 saturated carbocycles. The van der Waals surface area contributed by atoms with E-state index in [0.717, 1.165) is 6.54 Å². The van der Waals surface area contributed by atoms with E-state index >= 15 is 0 Å². The fraction of sp³-hybridized carbons (Fsp3) is 1.00. The number of likely N-dealkylation sites (tertiary alicyclic amines) is 1. The van der Waals surface area contributed by atoms with E-state index in [1.165, 1.54) is 38.9 Å². The minimum absolute atomic E-state index is 0.965. The summed E-state index contributed by atoms with van der Waals surface area (Å²) in [6.45, 7) is 4.78. The average Bonchev–Trinajstić information content (AvgIpc) is 2.50. The summed E-state index contributed by atoms with van der Waals surface area (Å²) in [5.74, 6) is 0. The van der Waals surface area contributed by atoms with Crippen LogP contribution in [-0.2, 0) is 4.84 Å². The summed E-state index contributed by atoms with van der Waals surface area (Å²) < 4.78 is 0. The molecule has 66 valence electrons. The summed E-state index contributed by atoms with van der Waals surface area (Å²) in [5.41, 5.74) is 2.85. The molecule has 3 heteroatoms. The zero-order chi connectivity index (χ0) is 7.94. The molecule has 1 heterocycles. The zero-order valence-corrected chi connectivity index (χ0v) is 7.31. The summed E-state index contributed by atoms with van der Waals surface area (Å²) in [5, 5.41) is 0. The molecule has 3 nitrogen and oxygen atoms in total. The monoisotopic (exact) mass is 158 g/mol. The lowest BCUT2D eigenvalue weighted by atomic mass is 10.4. The molecular weight excluding hydrogens is 140 g/mol.